The number of pyridine rings is 1. The maximum atomic E-state index is 5.05. The molecule has 0 spiro atoms. The zero-order valence-corrected chi connectivity index (χ0v) is 19.8. The van der Waals surface area contributed by atoms with Gasteiger partial charge in [-0.25, -0.2) is 14.5 Å². The Morgan fingerprint density at radius 1 is 0.882 bits per heavy atom. The minimum absolute atomic E-state index is 0.495. The van der Waals surface area contributed by atoms with Crippen molar-refractivity contribution in [1.29, 1.82) is 0 Å². The number of aromatic nitrogens is 4. The van der Waals surface area contributed by atoms with Gasteiger partial charge < -0.3 is 15.5 Å². The van der Waals surface area contributed by atoms with Crippen LogP contribution < -0.4 is 15.5 Å². The van der Waals surface area contributed by atoms with Crippen LogP contribution in [0.25, 0.3) is 28.0 Å². The largest absolute Gasteiger partial charge is 0.378 e. The van der Waals surface area contributed by atoms with Crippen molar-refractivity contribution in [3.8, 4) is 22.5 Å². The van der Waals surface area contributed by atoms with Crippen molar-refractivity contribution in [2.75, 3.05) is 29.6 Å². The molecule has 2 aliphatic rings. The molecule has 2 saturated carbocycles. The lowest BCUT2D eigenvalue weighted by Gasteiger charge is -2.27. The molecule has 34 heavy (non-hydrogen) atoms. The molecular weight excluding hydrogens is 422 g/mol. The minimum atomic E-state index is 0.495. The first-order valence-electron chi connectivity index (χ1n) is 12.3. The summed E-state index contributed by atoms with van der Waals surface area (Å²) in [5.41, 5.74) is 6.22. The van der Waals surface area contributed by atoms with Gasteiger partial charge in [0, 0.05) is 49.2 Å². The fraction of sp³-hybridized carbons (Fsp3) is 0.370. The highest BCUT2D eigenvalue weighted by Crippen LogP contribution is 2.33. The lowest BCUT2D eigenvalue weighted by Crippen LogP contribution is -2.28. The van der Waals surface area contributed by atoms with Gasteiger partial charge in [-0.2, -0.15) is 5.10 Å². The van der Waals surface area contributed by atoms with Crippen LogP contribution in [0.4, 0.5) is 17.5 Å². The third kappa shape index (κ3) is 3.95. The van der Waals surface area contributed by atoms with Gasteiger partial charge in [0.1, 0.15) is 5.82 Å². The standard InChI is InChI=1S/C27H31N7/c1-33(2)21-11-3-6-18(16-21)24-17-25-22(12-13-26(34(25)32-24)29-19-7-4-8-19)23-14-15-28-27(31-23)30-20-9-5-10-20/h3,6,11-17,19-20,29H,4-5,7-10H2,1-2H3,(H,28,30,31). The Morgan fingerprint density at radius 2 is 1.68 bits per heavy atom. The van der Waals surface area contributed by atoms with Crippen LogP contribution in [0.2, 0.25) is 0 Å². The quantitative estimate of drug-likeness (QED) is 0.388. The molecule has 7 nitrogen and oxygen atoms in total. The SMILES string of the molecule is CN(C)c1cccc(-c2cc3c(-c4ccnc(NC5CCC5)n4)ccc(NC4CCC4)n3n2)c1. The Labute approximate surface area is 200 Å². The Hall–Kier alpha value is -3.61. The molecular formula is C27H31N7. The maximum absolute atomic E-state index is 5.05. The molecule has 2 aliphatic carbocycles. The number of nitrogens with zero attached hydrogens (tertiary/aromatic N) is 5. The zero-order chi connectivity index (χ0) is 23.1. The van der Waals surface area contributed by atoms with Crippen molar-refractivity contribution in [1.82, 2.24) is 19.6 Å². The Kier molecular flexibility index (Phi) is 5.32. The first-order chi connectivity index (χ1) is 16.6. The molecule has 7 heteroatoms. The van der Waals surface area contributed by atoms with Crippen LogP contribution in [-0.2, 0) is 0 Å². The summed E-state index contributed by atoms with van der Waals surface area (Å²) in [6, 6.07) is 18.0. The molecule has 2 fully saturated rings. The number of anilines is 3. The van der Waals surface area contributed by atoms with Gasteiger partial charge >= 0.3 is 0 Å². The average molecular weight is 454 g/mol. The van der Waals surface area contributed by atoms with Crippen molar-refractivity contribution in [3.05, 3.63) is 54.7 Å². The summed E-state index contributed by atoms with van der Waals surface area (Å²) >= 11 is 0. The van der Waals surface area contributed by atoms with Crippen molar-refractivity contribution in [2.45, 2.75) is 50.6 Å². The summed E-state index contributed by atoms with van der Waals surface area (Å²) in [6.07, 6.45) is 9.22. The fourth-order valence-corrected chi connectivity index (χ4v) is 4.56. The van der Waals surface area contributed by atoms with Crippen LogP contribution in [0.15, 0.2) is 54.7 Å². The number of fused-ring (bicyclic) bond motifs is 1. The predicted molar refractivity (Wildman–Crippen MR) is 139 cm³/mol. The fourth-order valence-electron chi connectivity index (χ4n) is 4.56. The van der Waals surface area contributed by atoms with Gasteiger partial charge in [-0.05, 0) is 74.9 Å². The highest BCUT2D eigenvalue weighted by atomic mass is 15.3. The van der Waals surface area contributed by atoms with Gasteiger partial charge in [0.05, 0.1) is 16.9 Å². The van der Waals surface area contributed by atoms with Gasteiger partial charge in [0.25, 0.3) is 0 Å². The highest BCUT2D eigenvalue weighted by molar-refractivity contribution is 5.84. The van der Waals surface area contributed by atoms with Crippen LogP contribution in [0.1, 0.15) is 38.5 Å². The molecule has 0 amide bonds. The minimum Gasteiger partial charge on any atom is -0.378 e. The van der Waals surface area contributed by atoms with E-state index in [4.69, 9.17) is 10.1 Å². The average Bonchev–Trinajstić information content (AvgIpc) is 3.25. The topological polar surface area (TPSA) is 70.4 Å². The Balaban J connectivity index is 1.44. The number of nitrogens with one attached hydrogen (secondary N) is 2. The van der Waals surface area contributed by atoms with E-state index >= 15 is 0 Å². The first kappa shape index (κ1) is 21.0. The number of hydrogen-bond acceptors (Lipinski definition) is 6. The lowest BCUT2D eigenvalue weighted by atomic mass is 9.93. The molecule has 2 N–H and O–H groups in total. The van der Waals surface area contributed by atoms with Crippen molar-refractivity contribution in [3.63, 3.8) is 0 Å². The van der Waals surface area contributed by atoms with Gasteiger partial charge in [-0.1, -0.05) is 12.1 Å². The van der Waals surface area contributed by atoms with Gasteiger partial charge in [-0.15, -0.1) is 0 Å². The van der Waals surface area contributed by atoms with Gasteiger partial charge in [0.15, 0.2) is 0 Å². The van der Waals surface area contributed by atoms with E-state index in [2.05, 4.69) is 77.1 Å². The van der Waals surface area contributed by atoms with Crippen LogP contribution in [0.3, 0.4) is 0 Å². The van der Waals surface area contributed by atoms with Gasteiger partial charge in [0.2, 0.25) is 5.95 Å². The molecule has 3 heterocycles. The summed E-state index contributed by atoms with van der Waals surface area (Å²) in [5.74, 6) is 1.73. The Morgan fingerprint density at radius 3 is 2.41 bits per heavy atom. The van der Waals surface area contributed by atoms with Gasteiger partial charge in [-0.3, -0.25) is 0 Å². The van der Waals surface area contributed by atoms with Crippen LogP contribution in [0.5, 0.6) is 0 Å². The van der Waals surface area contributed by atoms with E-state index < -0.39 is 0 Å². The molecule has 0 atom stereocenters. The summed E-state index contributed by atoms with van der Waals surface area (Å²) in [6.45, 7) is 0. The third-order valence-electron chi connectivity index (χ3n) is 7.11. The first-order valence-corrected chi connectivity index (χ1v) is 12.3. The van der Waals surface area contributed by atoms with E-state index in [1.165, 1.54) is 38.5 Å². The number of rotatable bonds is 7. The zero-order valence-electron chi connectivity index (χ0n) is 19.8. The van der Waals surface area contributed by atoms with E-state index in [0.29, 0.717) is 18.0 Å². The van der Waals surface area contributed by atoms with Crippen LogP contribution in [0, 0.1) is 0 Å². The van der Waals surface area contributed by atoms with Crippen molar-refractivity contribution in [2.24, 2.45) is 0 Å². The summed E-state index contributed by atoms with van der Waals surface area (Å²) in [4.78, 5) is 11.4. The summed E-state index contributed by atoms with van der Waals surface area (Å²) in [5, 5.41) is 12.2. The molecule has 3 aromatic heterocycles. The van der Waals surface area contributed by atoms with Crippen LogP contribution in [-0.4, -0.2) is 45.8 Å². The lowest BCUT2D eigenvalue weighted by molar-refractivity contribution is 0.443. The van der Waals surface area contributed by atoms with E-state index in [-0.39, 0.29) is 0 Å². The number of benzene rings is 1. The molecule has 0 radical (unpaired) electrons. The highest BCUT2D eigenvalue weighted by Gasteiger charge is 2.21. The second-order valence-corrected chi connectivity index (χ2v) is 9.71. The van der Waals surface area contributed by atoms with E-state index in [9.17, 15) is 0 Å². The van der Waals surface area contributed by atoms with Crippen LogP contribution >= 0.6 is 0 Å². The molecule has 0 aliphatic heterocycles. The monoisotopic (exact) mass is 453 g/mol. The second kappa shape index (κ2) is 8.63. The summed E-state index contributed by atoms with van der Waals surface area (Å²) < 4.78 is 2.05. The normalized spacial score (nSPS) is 16.2. The van der Waals surface area contributed by atoms with Crippen molar-refractivity contribution >= 4 is 23.0 Å². The molecule has 4 aromatic rings. The molecule has 1 aromatic carbocycles. The van der Waals surface area contributed by atoms with E-state index in [0.717, 1.165) is 39.5 Å². The predicted octanol–water partition coefficient (Wildman–Crippen LogP) is 5.45. The maximum Gasteiger partial charge on any atom is 0.223 e. The number of hydrogen-bond donors (Lipinski definition) is 2. The Bertz CT molecular complexity index is 1320. The smallest absolute Gasteiger partial charge is 0.223 e. The molecule has 0 saturated heterocycles. The third-order valence-corrected chi connectivity index (χ3v) is 7.11. The van der Waals surface area contributed by atoms with E-state index in [1.54, 1.807) is 0 Å². The molecule has 0 bridgehead atoms. The molecule has 6 rings (SSSR count). The molecule has 0 unspecified atom stereocenters. The van der Waals surface area contributed by atoms with E-state index in [1.807, 2.05) is 16.8 Å². The summed E-state index contributed by atoms with van der Waals surface area (Å²) in [7, 11) is 4.12. The van der Waals surface area contributed by atoms with Crippen molar-refractivity contribution < 1.29 is 0 Å². The molecule has 174 valence electrons. The second-order valence-electron chi connectivity index (χ2n) is 9.71.